The minimum atomic E-state index is -3.87. The molecule has 3 N–H and O–H groups in total. The summed E-state index contributed by atoms with van der Waals surface area (Å²) >= 11 is 2.53. The van der Waals surface area contributed by atoms with Gasteiger partial charge in [-0.05, 0) is 47.2 Å². The predicted molar refractivity (Wildman–Crippen MR) is 142 cm³/mol. The SMILES string of the molecule is C.CSc1sc(C(=N)N)cc1S(=O)(=O)c1cc(OCc2ccccc2)cc(-c2ccccc2)c1. The van der Waals surface area contributed by atoms with Crippen LogP contribution < -0.4 is 10.5 Å². The standard InChI is InChI=1S/C25H22N2O3S3.CH4/c1-31-25-23(15-22(32-25)24(26)27)33(28,29)21-13-19(18-10-6-3-7-11-18)12-20(14-21)30-16-17-8-4-2-5-9-17;/h2-15H,16H2,1H3,(H3,26,27);1H4. The maximum Gasteiger partial charge on any atom is 0.208 e. The molecule has 176 valence electrons. The first-order chi connectivity index (χ1) is 15.9. The molecule has 1 heterocycles. The maximum atomic E-state index is 13.7. The molecule has 0 aliphatic carbocycles. The molecule has 4 aromatic rings. The Morgan fingerprint density at radius 2 is 1.62 bits per heavy atom. The number of hydrogen-bond donors (Lipinski definition) is 2. The largest absolute Gasteiger partial charge is 0.489 e. The molecule has 0 spiro atoms. The molecule has 0 saturated carbocycles. The van der Waals surface area contributed by atoms with Crippen molar-refractivity contribution in [3.8, 4) is 16.9 Å². The fraction of sp³-hybridized carbons (Fsp3) is 0.115. The van der Waals surface area contributed by atoms with Gasteiger partial charge in [-0.1, -0.05) is 68.1 Å². The molecular formula is C26H26N2O3S3. The van der Waals surface area contributed by atoms with Gasteiger partial charge in [0.25, 0.3) is 0 Å². The van der Waals surface area contributed by atoms with Gasteiger partial charge in [-0.2, -0.15) is 0 Å². The molecule has 0 bridgehead atoms. The van der Waals surface area contributed by atoms with Crippen LogP contribution >= 0.6 is 23.1 Å². The van der Waals surface area contributed by atoms with Crippen molar-refractivity contribution in [2.45, 2.75) is 28.0 Å². The third-order valence-electron chi connectivity index (χ3n) is 4.95. The number of hydrogen-bond acceptors (Lipinski definition) is 6. The Morgan fingerprint density at radius 1 is 0.971 bits per heavy atom. The normalized spacial score (nSPS) is 11.0. The summed E-state index contributed by atoms with van der Waals surface area (Å²) < 4.78 is 34.0. The molecule has 3 aromatic carbocycles. The van der Waals surface area contributed by atoms with Crippen LogP contribution in [0, 0.1) is 5.41 Å². The lowest BCUT2D eigenvalue weighted by atomic mass is 10.1. The molecule has 0 aliphatic rings. The molecule has 0 fully saturated rings. The van der Waals surface area contributed by atoms with Gasteiger partial charge in [0.2, 0.25) is 9.84 Å². The van der Waals surface area contributed by atoms with Crippen molar-refractivity contribution < 1.29 is 13.2 Å². The van der Waals surface area contributed by atoms with Crippen molar-refractivity contribution in [3.05, 3.63) is 95.4 Å². The summed E-state index contributed by atoms with van der Waals surface area (Å²) in [4.78, 5) is 0.720. The first kappa shape index (κ1) is 25.6. The fourth-order valence-electron chi connectivity index (χ4n) is 3.30. The second-order valence-electron chi connectivity index (χ2n) is 7.22. The van der Waals surface area contributed by atoms with Crippen LogP contribution in [0.2, 0.25) is 0 Å². The van der Waals surface area contributed by atoms with Gasteiger partial charge in [0.15, 0.2) is 0 Å². The monoisotopic (exact) mass is 510 g/mol. The Kier molecular flexibility index (Phi) is 8.19. The number of thiophene rings is 1. The molecule has 5 nitrogen and oxygen atoms in total. The lowest BCUT2D eigenvalue weighted by Crippen LogP contribution is -2.09. The van der Waals surface area contributed by atoms with E-state index in [1.54, 1.807) is 12.1 Å². The number of thioether (sulfide) groups is 1. The quantitative estimate of drug-likeness (QED) is 0.161. The highest BCUT2D eigenvalue weighted by atomic mass is 32.2. The number of rotatable bonds is 8. The summed E-state index contributed by atoms with van der Waals surface area (Å²) in [5.41, 5.74) is 8.24. The molecule has 0 aliphatic heterocycles. The summed E-state index contributed by atoms with van der Waals surface area (Å²) in [5, 5.41) is 7.71. The zero-order chi connectivity index (χ0) is 23.4. The Morgan fingerprint density at radius 3 is 2.24 bits per heavy atom. The molecular weight excluding hydrogens is 484 g/mol. The lowest BCUT2D eigenvalue weighted by molar-refractivity contribution is 0.305. The Bertz CT molecular complexity index is 1380. The van der Waals surface area contributed by atoms with Crippen LogP contribution in [0.1, 0.15) is 17.9 Å². The van der Waals surface area contributed by atoms with E-state index in [0.717, 1.165) is 16.7 Å². The highest BCUT2D eigenvalue weighted by Gasteiger charge is 2.26. The van der Waals surface area contributed by atoms with E-state index in [1.165, 1.54) is 29.2 Å². The van der Waals surface area contributed by atoms with E-state index in [1.807, 2.05) is 73.0 Å². The van der Waals surface area contributed by atoms with E-state index >= 15 is 0 Å². The van der Waals surface area contributed by atoms with Gasteiger partial charge < -0.3 is 10.5 Å². The molecule has 34 heavy (non-hydrogen) atoms. The van der Waals surface area contributed by atoms with Crippen molar-refractivity contribution in [1.29, 1.82) is 5.41 Å². The van der Waals surface area contributed by atoms with Crippen LogP contribution in [0.25, 0.3) is 11.1 Å². The highest BCUT2D eigenvalue weighted by Crippen LogP contribution is 2.39. The zero-order valence-electron chi connectivity index (χ0n) is 17.8. The van der Waals surface area contributed by atoms with Crippen LogP contribution in [-0.2, 0) is 16.4 Å². The third kappa shape index (κ3) is 5.52. The number of nitrogens with two attached hydrogens (primary N) is 1. The van der Waals surface area contributed by atoms with Crippen LogP contribution in [-0.4, -0.2) is 20.5 Å². The summed E-state index contributed by atoms with van der Waals surface area (Å²) in [6.07, 6.45) is 1.81. The molecule has 0 unspecified atom stereocenters. The van der Waals surface area contributed by atoms with Crippen molar-refractivity contribution in [1.82, 2.24) is 0 Å². The molecule has 4 rings (SSSR count). The smallest absolute Gasteiger partial charge is 0.208 e. The van der Waals surface area contributed by atoms with E-state index in [9.17, 15) is 8.42 Å². The first-order valence-electron chi connectivity index (χ1n) is 10.0. The second kappa shape index (κ2) is 10.9. The molecule has 8 heteroatoms. The summed E-state index contributed by atoms with van der Waals surface area (Å²) in [5.74, 6) is 0.313. The minimum absolute atomic E-state index is 0. The second-order valence-corrected chi connectivity index (χ2v) is 11.3. The van der Waals surface area contributed by atoms with Crippen molar-refractivity contribution in [2.24, 2.45) is 5.73 Å². The van der Waals surface area contributed by atoms with Gasteiger partial charge in [-0.3, -0.25) is 5.41 Å². The average Bonchev–Trinajstić information content (AvgIpc) is 3.30. The van der Waals surface area contributed by atoms with Gasteiger partial charge in [-0.25, -0.2) is 8.42 Å². The third-order valence-corrected chi connectivity index (χ3v) is 9.27. The number of amidine groups is 1. The van der Waals surface area contributed by atoms with E-state index in [0.29, 0.717) is 21.4 Å². The minimum Gasteiger partial charge on any atom is -0.489 e. The van der Waals surface area contributed by atoms with Crippen molar-refractivity contribution >= 4 is 38.8 Å². The van der Waals surface area contributed by atoms with E-state index < -0.39 is 9.84 Å². The van der Waals surface area contributed by atoms with Crippen LogP contribution in [0.5, 0.6) is 5.75 Å². The fourth-order valence-corrected chi connectivity index (χ4v) is 7.21. The number of benzene rings is 3. The topological polar surface area (TPSA) is 93.2 Å². The highest BCUT2D eigenvalue weighted by molar-refractivity contribution is 8.01. The van der Waals surface area contributed by atoms with E-state index in [4.69, 9.17) is 15.9 Å². The molecule has 0 radical (unpaired) electrons. The van der Waals surface area contributed by atoms with Gasteiger partial charge >= 0.3 is 0 Å². The van der Waals surface area contributed by atoms with Gasteiger partial charge in [0, 0.05) is 0 Å². The Balaban J connectivity index is 0.00000324. The van der Waals surface area contributed by atoms with Gasteiger partial charge in [0.1, 0.15) is 18.2 Å². The van der Waals surface area contributed by atoms with E-state index in [-0.39, 0.29) is 23.1 Å². The number of sulfone groups is 1. The predicted octanol–water partition coefficient (Wildman–Crippen LogP) is 6.47. The number of ether oxygens (including phenoxy) is 1. The number of nitrogen functional groups attached to an aromatic ring is 1. The summed E-state index contributed by atoms with van der Waals surface area (Å²) in [6, 6.07) is 25.8. The van der Waals surface area contributed by atoms with Crippen LogP contribution in [0.3, 0.4) is 0 Å². The Labute approximate surface area is 209 Å². The van der Waals surface area contributed by atoms with Crippen molar-refractivity contribution in [2.75, 3.05) is 6.26 Å². The first-order valence-corrected chi connectivity index (χ1v) is 13.6. The van der Waals surface area contributed by atoms with Crippen LogP contribution in [0.15, 0.2) is 98.9 Å². The Hall–Kier alpha value is -3.07. The molecule has 1 aromatic heterocycles. The van der Waals surface area contributed by atoms with Crippen molar-refractivity contribution in [3.63, 3.8) is 0 Å². The van der Waals surface area contributed by atoms with Crippen LogP contribution in [0.4, 0.5) is 0 Å². The van der Waals surface area contributed by atoms with E-state index in [2.05, 4.69) is 0 Å². The van der Waals surface area contributed by atoms with Gasteiger partial charge in [0.05, 0.1) is 18.9 Å². The molecule has 0 saturated heterocycles. The lowest BCUT2D eigenvalue weighted by Gasteiger charge is -2.13. The molecule has 0 amide bonds. The maximum absolute atomic E-state index is 13.7. The summed E-state index contributed by atoms with van der Waals surface area (Å²) in [7, 11) is -3.87. The summed E-state index contributed by atoms with van der Waals surface area (Å²) in [6.45, 7) is 0.321. The van der Waals surface area contributed by atoms with Gasteiger partial charge in [-0.15, -0.1) is 23.1 Å². The number of nitrogens with one attached hydrogen (secondary N) is 1. The molecule has 0 atom stereocenters. The average molecular weight is 511 g/mol. The zero-order valence-corrected chi connectivity index (χ0v) is 20.3.